The van der Waals surface area contributed by atoms with Crippen LogP contribution in [-0.4, -0.2) is 27.1 Å². The fraction of sp³-hybridized carbons (Fsp3) is 0.308. The van der Waals surface area contributed by atoms with Crippen LogP contribution >= 0.6 is 0 Å². The van der Waals surface area contributed by atoms with Crippen molar-refractivity contribution >= 4 is 11.8 Å². The van der Waals surface area contributed by atoms with Gasteiger partial charge in [-0.25, -0.2) is 9.97 Å². The quantitative estimate of drug-likeness (QED) is 0.823. The van der Waals surface area contributed by atoms with Crippen LogP contribution < -0.4 is 5.73 Å². The fourth-order valence-corrected chi connectivity index (χ4v) is 1.80. The molecule has 6 heteroatoms. The molecular weight excluding hydrogens is 244 g/mol. The molecule has 0 saturated heterocycles. The number of hydrogen-bond acceptors (Lipinski definition) is 5. The number of pyridine rings is 1. The number of aryl methyl sites for hydroxylation is 1. The molecule has 2 N–H and O–H groups in total. The summed E-state index contributed by atoms with van der Waals surface area (Å²) in [5.41, 5.74) is 7.49. The van der Waals surface area contributed by atoms with Crippen LogP contribution in [0.5, 0.6) is 0 Å². The molecule has 19 heavy (non-hydrogen) atoms. The van der Waals surface area contributed by atoms with Gasteiger partial charge in [0.15, 0.2) is 0 Å². The number of carbonyl (C=O) groups is 1. The molecule has 0 aliphatic rings. The van der Waals surface area contributed by atoms with Crippen LogP contribution in [0.2, 0.25) is 0 Å². The largest absolute Gasteiger partial charge is 0.466 e. The van der Waals surface area contributed by atoms with Crippen molar-refractivity contribution in [2.75, 3.05) is 12.3 Å². The van der Waals surface area contributed by atoms with Gasteiger partial charge in [-0.05, 0) is 19.1 Å². The third-order valence-electron chi connectivity index (χ3n) is 2.69. The zero-order valence-electron chi connectivity index (χ0n) is 10.7. The Morgan fingerprint density at radius 3 is 3.11 bits per heavy atom. The molecule has 0 radical (unpaired) electrons. The summed E-state index contributed by atoms with van der Waals surface area (Å²) in [7, 11) is 0. The molecule has 2 aromatic rings. The Bertz CT molecular complexity index is 565. The molecule has 0 atom stereocenters. The second-order valence-electron chi connectivity index (χ2n) is 3.96. The molecule has 0 aliphatic heterocycles. The van der Waals surface area contributed by atoms with Gasteiger partial charge in [-0.1, -0.05) is 0 Å². The van der Waals surface area contributed by atoms with Crippen molar-refractivity contribution in [2.24, 2.45) is 0 Å². The van der Waals surface area contributed by atoms with Crippen molar-refractivity contribution in [2.45, 2.75) is 19.9 Å². The van der Waals surface area contributed by atoms with Gasteiger partial charge >= 0.3 is 5.97 Å². The van der Waals surface area contributed by atoms with Gasteiger partial charge in [0.25, 0.3) is 0 Å². The van der Waals surface area contributed by atoms with Crippen LogP contribution in [0.4, 0.5) is 5.82 Å². The number of nitrogen functional groups attached to an aromatic ring is 1. The minimum Gasteiger partial charge on any atom is -0.466 e. The van der Waals surface area contributed by atoms with Gasteiger partial charge < -0.3 is 15.0 Å². The minimum atomic E-state index is -0.221. The third-order valence-corrected chi connectivity index (χ3v) is 2.69. The highest BCUT2D eigenvalue weighted by atomic mass is 16.5. The Morgan fingerprint density at radius 1 is 1.53 bits per heavy atom. The number of anilines is 1. The Balaban J connectivity index is 2.14. The smallest absolute Gasteiger partial charge is 0.307 e. The number of ether oxygens (including phenoxy) is 1. The summed E-state index contributed by atoms with van der Waals surface area (Å²) in [5.74, 6) is 0.224. The molecule has 2 heterocycles. The molecule has 0 aromatic carbocycles. The molecule has 0 saturated carbocycles. The second-order valence-corrected chi connectivity index (χ2v) is 3.96. The molecule has 0 amide bonds. The molecule has 6 nitrogen and oxygen atoms in total. The van der Waals surface area contributed by atoms with E-state index in [-0.39, 0.29) is 5.97 Å². The predicted octanol–water partition coefficient (Wildman–Crippen LogP) is 1.48. The molecule has 0 unspecified atom stereocenters. The van der Waals surface area contributed by atoms with Crippen molar-refractivity contribution in [3.63, 3.8) is 0 Å². The number of nitrogens with zero attached hydrogens (tertiary/aromatic N) is 3. The number of imidazole rings is 1. The van der Waals surface area contributed by atoms with Crippen molar-refractivity contribution in [3.8, 4) is 11.3 Å². The average molecular weight is 260 g/mol. The molecule has 0 bridgehead atoms. The van der Waals surface area contributed by atoms with E-state index in [1.807, 2.05) is 16.7 Å². The fourth-order valence-electron chi connectivity index (χ4n) is 1.80. The first kappa shape index (κ1) is 13.1. The van der Waals surface area contributed by atoms with E-state index in [1.165, 1.54) is 0 Å². The van der Waals surface area contributed by atoms with Crippen LogP contribution in [0, 0.1) is 0 Å². The van der Waals surface area contributed by atoms with Crippen LogP contribution in [-0.2, 0) is 16.1 Å². The topological polar surface area (TPSA) is 83.0 Å². The Hall–Kier alpha value is -2.37. The van der Waals surface area contributed by atoms with E-state index in [4.69, 9.17) is 10.5 Å². The maximum absolute atomic E-state index is 11.4. The van der Waals surface area contributed by atoms with Crippen molar-refractivity contribution in [3.05, 3.63) is 30.9 Å². The van der Waals surface area contributed by atoms with Gasteiger partial charge in [0.1, 0.15) is 5.82 Å². The van der Waals surface area contributed by atoms with E-state index in [0.29, 0.717) is 25.4 Å². The summed E-state index contributed by atoms with van der Waals surface area (Å²) in [6.45, 7) is 2.69. The summed E-state index contributed by atoms with van der Waals surface area (Å²) in [6, 6.07) is 3.69. The highest BCUT2D eigenvalue weighted by Crippen LogP contribution is 2.23. The molecule has 2 rings (SSSR count). The van der Waals surface area contributed by atoms with E-state index in [2.05, 4.69) is 9.97 Å². The van der Waals surface area contributed by atoms with Gasteiger partial charge in [0.05, 0.1) is 31.2 Å². The van der Waals surface area contributed by atoms with Crippen LogP contribution in [0.3, 0.4) is 0 Å². The zero-order valence-corrected chi connectivity index (χ0v) is 10.7. The number of hydrogen-bond donors (Lipinski definition) is 1. The number of esters is 1. The molecule has 0 fully saturated rings. The second kappa shape index (κ2) is 5.99. The predicted molar refractivity (Wildman–Crippen MR) is 71.1 cm³/mol. The summed E-state index contributed by atoms with van der Waals surface area (Å²) in [6.07, 6.45) is 5.31. The van der Waals surface area contributed by atoms with Gasteiger partial charge in [-0.2, -0.15) is 0 Å². The highest BCUT2D eigenvalue weighted by Gasteiger charge is 2.10. The average Bonchev–Trinajstić information content (AvgIpc) is 2.85. The molecular formula is C13H16N4O2. The van der Waals surface area contributed by atoms with Crippen LogP contribution in [0.1, 0.15) is 13.3 Å². The third kappa shape index (κ3) is 3.09. The molecule has 0 spiro atoms. The van der Waals surface area contributed by atoms with Gasteiger partial charge in [-0.3, -0.25) is 4.79 Å². The van der Waals surface area contributed by atoms with Crippen LogP contribution in [0.25, 0.3) is 11.3 Å². The van der Waals surface area contributed by atoms with Gasteiger partial charge in [0.2, 0.25) is 0 Å². The number of aromatic nitrogens is 3. The summed E-state index contributed by atoms with van der Waals surface area (Å²) in [5, 5.41) is 0. The Kier molecular flexibility index (Phi) is 4.12. The standard InChI is InChI=1S/C13H16N4O2/c1-2-19-12(18)5-7-17-9-15-8-11(17)10-4-3-6-16-13(10)14/h3-4,6,8-9H,2,5,7H2,1H3,(H2,14,16). The SMILES string of the molecule is CCOC(=O)CCn1cncc1-c1cccnc1N. The van der Waals surface area contributed by atoms with E-state index in [0.717, 1.165) is 11.3 Å². The number of carbonyl (C=O) groups excluding carboxylic acids is 1. The Labute approximate surface area is 111 Å². The summed E-state index contributed by atoms with van der Waals surface area (Å²) in [4.78, 5) is 19.5. The lowest BCUT2D eigenvalue weighted by atomic mass is 10.2. The van der Waals surface area contributed by atoms with Gasteiger partial charge in [0, 0.05) is 18.3 Å². The van der Waals surface area contributed by atoms with Gasteiger partial charge in [-0.15, -0.1) is 0 Å². The van der Waals surface area contributed by atoms with E-state index in [9.17, 15) is 4.79 Å². The monoisotopic (exact) mass is 260 g/mol. The summed E-state index contributed by atoms with van der Waals surface area (Å²) >= 11 is 0. The van der Waals surface area contributed by atoms with Crippen molar-refractivity contribution in [1.29, 1.82) is 0 Å². The Morgan fingerprint density at radius 2 is 2.37 bits per heavy atom. The zero-order chi connectivity index (χ0) is 13.7. The van der Waals surface area contributed by atoms with E-state index in [1.54, 1.807) is 25.6 Å². The molecule has 0 aliphatic carbocycles. The van der Waals surface area contributed by atoms with Crippen LogP contribution in [0.15, 0.2) is 30.9 Å². The lowest BCUT2D eigenvalue weighted by Crippen LogP contribution is -2.09. The molecule has 2 aromatic heterocycles. The lowest BCUT2D eigenvalue weighted by molar-refractivity contribution is -0.143. The normalized spacial score (nSPS) is 10.4. The first-order valence-corrected chi connectivity index (χ1v) is 6.09. The molecule has 100 valence electrons. The lowest BCUT2D eigenvalue weighted by Gasteiger charge is -2.09. The van der Waals surface area contributed by atoms with E-state index >= 15 is 0 Å². The van der Waals surface area contributed by atoms with Crippen molar-refractivity contribution < 1.29 is 9.53 Å². The number of rotatable bonds is 5. The first-order chi connectivity index (χ1) is 9.22. The minimum absolute atomic E-state index is 0.221. The summed E-state index contributed by atoms with van der Waals surface area (Å²) < 4.78 is 6.77. The number of nitrogens with two attached hydrogens (primary N) is 1. The maximum Gasteiger partial charge on any atom is 0.307 e. The maximum atomic E-state index is 11.4. The highest BCUT2D eigenvalue weighted by molar-refractivity contribution is 5.71. The first-order valence-electron chi connectivity index (χ1n) is 6.09. The van der Waals surface area contributed by atoms with E-state index < -0.39 is 0 Å². The van der Waals surface area contributed by atoms with Crippen molar-refractivity contribution in [1.82, 2.24) is 14.5 Å².